The van der Waals surface area contributed by atoms with Gasteiger partial charge in [0, 0.05) is 44.4 Å². The summed E-state index contributed by atoms with van der Waals surface area (Å²) in [6.07, 6.45) is 1.42. The van der Waals surface area contributed by atoms with Gasteiger partial charge in [0.2, 0.25) is 0 Å². The first kappa shape index (κ1) is 19.8. The number of hydrogen-bond donors (Lipinski definition) is 1. The predicted molar refractivity (Wildman–Crippen MR) is 206 cm³/mol. The van der Waals surface area contributed by atoms with E-state index >= 15 is 0 Å². The van der Waals surface area contributed by atoms with Crippen LogP contribution in [0.2, 0.25) is 0 Å². The zero-order valence-electron chi connectivity index (χ0n) is 37.0. The number of aliphatic imine (C=N–C) groups is 2. The molecule has 0 unspecified atom stereocenters. The molecule has 0 amide bonds. The first-order valence-corrected chi connectivity index (χ1v) is 15.6. The van der Waals surface area contributed by atoms with Gasteiger partial charge in [-0.1, -0.05) is 139 Å². The summed E-state index contributed by atoms with van der Waals surface area (Å²) in [6, 6.07) is 22.3. The molecule has 1 N–H and O–H groups in total. The highest BCUT2D eigenvalue weighted by Crippen LogP contribution is 2.39. The van der Waals surface area contributed by atoms with Crippen molar-refractivity contribution in [2.24, 2.45) is 9.98 Å². The maximum absolute atomic E-state index is 9.35. The molecule has 5 nitrogen and oxygen atoms in total. The first-order chi connectivity index (χ1) is 29.3. The van der Waals surface area contributed by atoms with E-state index in [9.17, 15) is 6.78 Å². The maximum Gasteiger partial charge on any atom is 0.162 e. The lowest BCUT2D eigenvalue weighted by molar-refractivity contribution is 0.668. The van der Waals surface area contributed by atoms with E-state index < -0.39 is 72.0 Å². The molecule has 0 spiro atoms. The average Bonchev–Trinajstić information content (AvgIpc) is 3.86. The van der Waals surface area contributed by atoms with E-state index in [2.05, 4.69) is 4.99 Å². The summed E-state index contributed by atoms with van der Waals surface area (Å²) in [7, 11) is 0. The van der Waals surface area contributed by atoms with Gasteiger partial charge < -0.3 is 8.83 Å². The minimum Gasteiger partial charge on any atom is -0.456 e. The minimum absolute atomic E-state index is 0.185. The topological polar surface area (TPSA) is 74.8 Å². The number of nitrogens with zero attached hydrogens (tertiary/aromatic N) is 2. The number of fused-ring (bicyclic) bond motifs is 6. The van der Waals surface area contributed by atoms with Crippen LogP contribution >= 0.6 is 0 Å². The minimum atomic E-state index is -0.716. The molecule has 5 heteroatoms. The van der Waals surface area contributed by atoms with Crippen molar-refractivity contribution in [3.05, 3.63) is 180 Å². The smallest absolute Gasteiger partial charge is 0.162 e. The van der Waals surface area contributed by atoms with E-state index in [4.69, 9.17) is 27.5 Å². The van der Waals surface area contributed by atoms with E-state index in [1.165, 1.54) is 6.21 Å². The Hall–Kier alpha value is -6.85. The number of nitrogens with one attached hydrogen (secondary N) is 1. The zero-order chi connectivity index (χ0) is 43.0. The molecule has 0 saturated heterocycles. The fraction of sp³-hybridized carbons (Fsp3) is 0. The summed E-state index contributed by atoms with van der Waals surface area (Å²) in [6.45, 7) is 0. The van der Waals surface area contributed by atoms with E-state index in [-0.39, 0.29) is 44.7 Å². The summed E-state index contributed by atoms with van der Waals surface area (Å²) >= 11 is 0. The van der Waals surface area contributed by atoms with E-state index in [1.54, 1.807) is 18.2 Å². The number of amidine groups is 2. The predicted octanol–water partition coefficient (Wildman–Crippen LogP) is 11.7. The monoisotopic (exact) mass is 654 g/mol. The molecule has 0 aliphatic carbocycles. The van der Waals surface area contributed by atoms with Crippen LogP contribution in [-0.4, -0.2) is 17.9 Å². The maximum atomic E-state index is 9.35. The summed E-state index contributed by atoms with van der Waals surface area (Å²) < 4.78 is 109. The molecule has 0 radical (unpaired) electrons. The van der Waals surface area contributed by atoms with E-state index in [0.717, 1.165) is 21.9 Å². The second-order valence-corrected chi connectivity index (χ2v) is 11.3. The Morgan fingerprint density at radius 1 is 0.580 bits per heavy atom. The third-order valence-corrected chi connectivity index (χ3v) is 8.35. The lowest BCUT2D eigenvalue weighted by Crippen LogP contribution is -2.05. The van der Waals surface area contributed by atoms with Crippen LogP contribution in [0.3, 0.4) is 0 Å². The van der Waals surface area contributed by atoms with Gasteiger partial charge in [-0.25, -0.2) is 9.98 Å². The standard InChI is InChI=1S/C45H29N3O2/c46-44(32-26-24-30(25-27-32)29-12-3-1-4-13-29)48-45(47-28-33-16-9-19-36-35-17-7-8-21-38(35)50-43(33)36)37-20-11-23-40-42(37)41-34(18-10-22-39(41)49-40)31-14-5-2-6-15-31/h1-28,46H/i2D,5D,6D,10D,11D,14D,15D,18D,20D,22D,23D. The Labute approximate surface area is 303 Å². The van der Waals surface area contributed by atoms with Crippen LogP contribution in [0.25, 0.3) is 66.1 Å². The van der Waals surface area contributed by atoms with Gasteiger partial charge in [-0.05, 0) is 46.5 Å². The van der Waals surface area contributed by atoms with Gasteiger partial charge in [0.05, 0.1) is 15.1 Å². The van der Waals surface area contributed by atoms with Gasteiger partial charge in [0.15, 0.2) is 11.7 Å². The second kappa shape index (κ2) is 12.3. The molecule has 0 atom stereocenters. The van der Waals surface area contributed by atoms with Gasteiger partial charge in [0.1, 0.15) is 22.3 Å². The normalized spacial score (nSPS) is 15.2. The lowest BCUT2D eigenvalue weighted by Gasteiger charge is -2.08. The van der Waals surface area contributed by atoms with Gasteiger partial charge in [-0.3, -0.25) is 5.41 Å². The fourth-order valence-electron chi connectivity index (χ4n) is 6.01. The highest BCUT2D eigenvalue weighted by Gasteiger charge is 2.19. The highest BCUT2D eigenvalue weighted by molar-refractivity contribution is 6.25. The quantitative estimate of drug-likeness (QED) is 0.148. The van der Waals surface area contributed by atoms with Gasteiger partial charge in [0.25, 0.3) is 0 Å². The van der Waals surface area contributed by atoms with Gasteiger partial charge in [-0.15, -0.1) is 0 Å². The average molecular weight is 655 g/mol. The van der Waals surface area contributed by atoms with Crippen molar-refractivity contribution in [2.75, 3.05) is 0 Å². The van der Waals surface area contributed by atoms with Gasteiger partial charge in [-0.2, -0.15) is 0 Å². The highest BCUT2D eigenvalue weighted by atomic mass is 16.3. The Morgan fingerprint density at radius 2 is 1.30 bits per heavy atom. The van der Waals surface area contributed by atoms with Crippen LogP contribution in [0, 0.1) is 5.41 Å². The molecule has 2 heterocycles. The lowest BCUT2D eigenvalue weighted by atomic mass is 9.97. The summed E-state index contributed by atoms with van der Waals surface area (Å²) in [4.78, 5) is 9.39. The molecule has 0 bridgehead atoms. The van der Waals surface area contributed by atoms with Crippen molar-refractivity contribution in [1.82, 2.24) is 0 Å². The molecule has 9 rings (SSSR count). The summed E-state index contributed by atoms with van der Waals surface area (Å²) in [5.41, 5.74) is 1.92. The summed E-state index contributed by atoms with van der Waals surface area (Å²) in [5, 5.41) is 10.5. The molecular weight excluding hydrogens is 615 g/mol. The Morgan fingerprint density at radius 3 is 2.14 bits per heavy atom. The van der Waals surface area contributed by atoms with E-state index in [0.29, 0.717) is 22.3 Å². The summed E-state index contributed by atoms with van der Waals surface area (Å²) in [5.74, 6) is -0.631. The Bertz CT molecular complexity index is 3370. The Balaban J connectivity index is 1.36. The Kier molecular flexibility index (Phi) is 4.89. The van der Waals surface area contributed by atoms with Crippen LogP contribution in [0.1, 0.15) is 31.8 Å². The van der Waals surface area contributed by atoms with Crippen LogP contribution in [0.5, 0.6) is 0 Å². The molecule has 0 aliphatic heterocycles. The van der Waals surface area contributed by atoms with Crippen LogP contribution in [0.4, 0.5) is 0 Å². The SMILES string of the molecule is [2H]c1c([2H])c([2H])c(-c2c([2H])c([2H])c([2H])c3oc4c([2H])c([2H])c([2H])c(C(N=Cc5cccc6c5oc5ccccc56)=NC(=N)c5ccc(-c6ccccc6)cc5)c4c23)c([2H])c1[2H]. The van der Waals surface area contributed by atoms with Crippen molar-refractivity contribution in [1.29, 1.82) is 5.41 Å². The van der Waals surface area contributed by atoms with Gasteiger partial charge >= 0.3 is 0 Å². The van der Waals surface area contributed by atoms with Crippen LogP contribution in [0.15, 0.2) is 182 Å². The fourth-order valence-corrected chi connectivity index (χ4v) is 6.01. The van der Waals surface area contributed by atoms with E-state index in [1.807, 2.05) is 78.9 Å². The van der Waals surface area contributed by atoms with Crippen molar-refractivity contribution in [2.45, 2.75) is 0 Å². The van der Waals surface area contributed by atoms with Crippen molar-refractivity contribution < 1.29 is 23.9 Å². The zero-order valence-corrected chi connectivity index (χ0v) is 26.0. The third-order valence-electron chi connectivity index (χ3n) is 8.35. The molecule has 0 saturated carbocycles. The molecule has 9 aromatic rings. The van der Waals surface area contributed by atoms with Crippen molar-refractivity contribution in [3.63, 3.8) is 0 Å². The van der Waals surface area contributed by atoms with Crippen LogP contribution < -0.4 is 0 Å². The first-order valence-electron chi connectivity index (χ1n) is 21.1. The van der Waals surface area contributed by atoms with Crippen molar-refractivity contribution >= 4 is 61.8 Å². The molecule has 0 fully saturated rings. The second-order valence-electron chi connectivity index (χ2n) is 11.3. The molecule has 7 aromatic carbocycles. The van der Waals surface area contributed by atoms with Crippen LogP contribution in [-0.2, 0) is 0 Å². The molecule has 50 heavy (non-hydrogen) atoms. The number of para-hydroxylation sites is 2. The number of furan rings is 2. The molecule has 2 aromatic heterocycles. The largest absolute Gasteiger partial charge is 0.456 e. The van der Waals surface area contributed by atoms with Crippen molar-refractivity contribution in [3.8, 4) is 22.3 Å². The molecule has 0 aliphatic rings. The molecule has 236 valence electrons. The third kappa shape index (κ3) is 5.18. The number of hydrogen-bond acceptors (Lipinski definition) is 3. The number of benzene rings is 7. The molecular formula is C45H29N3O2. The number of rotatable bonds is 5.